The number of aromatic nitrogens is 1. The van der Waals surface area contributed by atoms with Crippen LogP contribution in [0.3, 0.4) is 0 Å². The number of fused-ring (bicyclic) bond motifs is 1. The lowest BCUT2D eigenvalue weighted by Crippen LogP contribution is -2.29. The van der Waals surface area contributed by atoms with E-state index in [4.69, 9.17) is 4.74 Å². The third kappa shape index (κ3) is 3.94. The molecule has 1 N–H and O–H groups in total. The van der Waals surface area contributed by atoms with Gasteiger partial charge in [-0.1, -0.05) is 32.3 Å². The van der Waals surface area contributed by atoms with Gasteiger partial charge in [-0.3, -0.25) is 9.78 Å². The summed E-state index contributed by atoms with van der Waals surface area (Å²) in [6.07, 6.45) is 7.96. The first-order valence-electron chi connectivity index (χ1n) is 8.71. The lowest BCUT2D eigenvalue weighted by Gasteiger charge is -2.25. The topological polar surface area (TPSA) is 51.2 Å². The van der Waals surface area contributed by atoms with Crippen molar-refractivity contribution in [2.45, 2.75) is 39.2 Å². The van der Waals surface area contributed by atoms with Crippen LogP contribution in [0.2, 0.25) is 0 Å². The maximum atomic E-state index is 12.7. The molecule has 24 heavy (non-hydrogen) atoms. The average molecular weight is 324 g/mol. The Bertz CT molecular complexity index is 685. The number of nitrogens with one attached hydrogen (secondary N) is 1. The van der Waals surface area contributed by atoms with E-state index in [2.05, 4.69) is 17.2 Å². The van der Waals surface area contributed by atoms with Crippen LogP contribution in [0.1, 0.15) is 48.5 Å². The highest BCUT2D eigenvalue weighted by Gasteiger charge is 2.27. The molecule has 1 aromatic heterocycles. The minimum absolute atomic E-state index is 0.0811. The molecule has 3 rings (SSSR count). The summed E-state index contributed by atoms with van der Waals surface area (Å²) in [5, 5.41) is 3.38. The monoisotopic (exact) mass is 324 g/mol. The SMILES string of the molecule is CCCCCC1CNc2ccc(OCc3cccnc3)cc2C1=O. The van der Waals surface area contributed by atoms with Crippen LogP contribution in [0.4, 0.5) is 5.69 Å². The van der Waals surface area contributed by atoms with Crippen molar-refractivity contribution in [3.63, 3.8) is 0 Å². The largest absolute Gasteiger partial charge is 0.489 e. The maximum Gasteiger partial charge on any atom is 0.169 e. The Kier molecular flexibility index (Phi) is 5.47. The number of pyridine rings is 1. The number of ether oxygens (including phenoxy) is 1. The summed E-state index contributed by atoms with van der Waals surface area (Å²) in [7, 11) is 0. The van der Waals surface area contributed by atoms with Crippen LogP contribution in [0.5, 0.6) is 5.75 Å². The van der Waals surface area contributed by atoms with Gasteiger partial charge in [-0.15, -0.1) is 0 Å². The zero-order valence-corrected chi connectivity index (χ0v) is 14.1. The molecule has 0 saturated heterocycles. The minimum atomic E-state index is 0.0811. The van der Waals surface area contributed by atoms with Gasteiger partial charge in [0.25, 0.3) is 0 Å². The molecular weight excluding hydrogens is 300 g/mol. The molecular formula is C20H24N2O2. The molecule has 1 aliphatic rings. The van der Waals surface area contributed by atoms with Gasteiger partial charge in [0.15, 0.2) is 5.78 Å². The molecule has 2 heterocycles. The van der Waals surface area contributed by atoms with Crippen molar-refractivity contribution in [2.75, 3.05) is 11.9 Å². The highest BCUT2D eigenvalue weighted by molar-refractivity contribution is 6.04. The van der Waals surface area contributed by atoms with E-state index >= 15 is 0 Å². The van der Waals surface area contributed by atoms with E-state index in [-0.39, 0.29) is 11.7 Å². The number of benzene rings is 1. The van der Waals surface area contributed by atoms with Gasteiger partial charge in [0.05, 0.1) is 0 Å². The van der Waals surface area contributed by atoms with E-state index in [0.29, 0.717) is 6.61 Å². The lowest BCUT2D eigenvalue weighted by molar-refractivity contribution is 0.0913. The summed E-state index contributed by atoms with van der Waals surface area (Å²) in [6, 6.07) is 9.58. The molecule has 0 amide bonds. The smallest absolute Gasteiger partial charge is 0.169 e. The van der Waals surface area contributed by atoms with E-state index in [1.165, 1.54) is 12.8 Å². The second kappa shape index (κ2) is 7.95. The van der Waals surface area contributed by atoms with Crippen LogP contribution in [-0.2, 0) is 6.61 Å². The standard InChI is InChI=1S/C20H24N2O2/c1-2-3-4-7-16-13-22-19-9-8-17(11-18(19)20(16)23)24-14-15-6-5-10-21-12-15/h5-6,8-12,16,22H,2-4,7,13-14H2,1H3. The van der Waals surface area contributed by atoms with Crippen LogP contribution in [0.25, 0.3) is 0 Å². The molecule has 1 aliphatic heterocycles. The van der Waals surface area contributed by atoms with Gasteiger partial charge in [-0.25, -0.2) is 0 Å². The van der Waals surface area contributed by atoms with E-state index in [9.17, 15) is 4.79 Å². The first kappa shape index (κ1) is 16.5. The number of unbranched alkanes of at least 4 members (excludes halogenated alkanes) is 2. The van der Waals surface area contributed by atoms with Crippen LogP contribution in [0.15, 0.2) is 42.7 Å². The molecule has 0 fully saturated rings. The van der Waals surface area contributed by atoms with E-state index in [1.807, 2.05) is 30.3 Å². The lowest BCUT2D eigenvalue weighted by atomic mass is 9.88. The number of ketones is 1. The Balaban J connectivity index is 1.67. The number of carbonyl (C=O) groups excluding carboxylic acids is 1. The van der Waals surface area contributed by atoms with Crippen molar-refractivity contribution >= 4 is 11.5 Å². The minimum Gasteiger partial charge on any atom is -0.489 e. The highest BCUT2D eigenvalue weighted by atomic mass is 16.5. The molecule has 0 bridgehead atoms. The molecule has 1 unspecified atom stereocenters. The normalized spacial score (nSPS) is 16.4. The van der Waals surface area contributed by atoms with Gasteiger partial charge in [0, 0.05) is 41.7 Å². The second-order valence-electron chi connectivity index (χ2n) is 6.30. The molecule has 0 aliphatic carbocycles. The zero-order chi connectivity index (χ0) is 16.8. The quantitative estimate of drug-likeness (QED) is 0.764. The van der Waals surface area contributed by atoms with Crippen LogP contribution >= 0.6 is 0 Å². The molecule has 1 aromatic carbocycles. The number of Topliss-reactive ketones (excluding diaryl/α,β-unsaturated/α-hetero) is 1. The van der Waals surface area contributed by atoms with Crippen molar-refractivity contribution in [3.05, 3.63) is 53.9 Å². The van der Waals surface area contributed by atoms with E-state index in [0.717, 1.165) is 42.0 Å². The average Bonchev–Trinajstić information content (AvgIpc) is 2.63. The Hall–Kier alpha value is -2.36. The molecule has 4 nitrogen and oxygen atoms in total. The number of anilines is 1. The number of rotatable bonds is 7. The van der Waals surface area contributed by atoms with Crippen molar-refractivity contribution < 1.29 is 9.53 Å². The fourth-order valence-corrected chi connectivity index (χ4v) is 3.04. The van der Waals surface area contributed by atoms with E-state index in [1.54, 1.807) is 12.4 Å². The molecule has 0 radical (unpaired) electrons. The number of carbonyl (C=O) groups is 1. The van der Waals surface area contributed by atoms with Crippen LogP contribution in [-0.4, -0.2) is 17.3 Å². The number of hydrogen-bond acceptors (Lipinski definition) is 4. The van der Waals surface area contributed by atoms with Crippen molar-refractivity contribution in [1.82, 2.24) is 4.98 Å². The number of nitrogens with zero attached hydrogens (tertiary/aromatic N) is 1. The highest BCUT2D eigenvalue weighted by Crippen LogP contribution is 2.30. The summed E-state index contributed by atoms with van der Waals surface area (Å²) in [6.45, 7) is 3.38. The Morgan fingerprint density at radius 2 is 2.21 bits per heavy atom. The third-order valence-corrected chi connectivity index (χ3v) is 4.45. The molecule has 126 valence electrons. The summed E-state index contributed by atoms with van der Waals surface area (Å²) in [5.41, 5.74) is 2.68. The predicted molar refractivity (Wildman–Crippen MR) is 95.5 cm³/mol. The van der Waals surface area contributed by atoms with Crippen molar-refractivity contribution in [3.8, 4) is 5.75 Å². The Morgan fingerprint density at radius 1 is 1.29 bits per heavy atom. The van der Waals surface area contributed by atoms with Gasteiger partial charge in [-0.2, -0.15) is 0 Å². The van der Waals surface area contributed by atoms with Crippen LogP contribution < -0.4 is 10.1 Å². The van der Waals surface area contributed by atoms with Gasteiger partial charge in [0.1, 0.15) is 12.4 Å². The van der Waals surface area contributed by atoms with E-state index < -0.39 is 0 Å². The number of hydrogen-bond donors (Lipinski definition) is 1. The third-order valence-electron chi connectivity index (χ3n) is 4.45. The summed E-state index contributed by atoms with van der Waals surface area (Å²) in [4.78, 5) is 16.8. The zero-order valence-electron chi connectivity index (χ0n) is 14.1. The van der Waals surface area contributed by atoms with Gasteiger partial charge < -0.3 is 10.1 Å². The summed E-state index contributed by atoms with van der Waals surface area (Å²) >= 11 is 0. The van der Waals surface area contributed by atoms with Crippen molar-refractivity contribution in [2.24, 2.45) is 5.92 Å². The molecule has 4 heteroatoms. The van der Waals surface area contributed by atoms with Gasteiger partial charge in [-0.05, 0) is 30.7 Å². The maximum absolute atomic E-state index is 12.7. The fourth-order valence-electron chi connectivity index (χ4n) is 3.04. The molecule has 0 saturated carbocycles. The second-order valence-corrected chi connectivity index (χ2v) is 6.30. The fraction of sp³-hybridized carbons (Fsp3) is 0.400. The molecule has 1 atom stereocenters. The summed E-state index contributed by atoms with van der Waals surface area (Å²) < 4.78 is 5.82. The summed E-state index contributed by atoms with van der Waals surface area (Å²) in [5.74, 6) is 1.05. The van der Waals surface area contributed by atoms with Gasteiger partial charge in [0.2, 0.25) is 0 Å². The first-order chi connectivity index (χ1) is 11.8. The molecule has 0 spiro atoms. The van der Waals surface area contributed by atoms with Crippen LogP contribution in [0, 0.1) is 5.92 Å². The van der Waals surface area contributed by atoms with Gasteiger partial charge >= 0.3 is 0 Å². The van der Waals surface area contributed by atoms with Crippen molar-refractivity contribution in [1.29, 1.82) is 0 Å². The predicted octanol–water partition coefficient (Wildman–Crippen LogP) is 4.47. The Morgan fingerprint density at radius 3 is 3.00 bits per heavy atom. The Labute approximate surface area is 143 Å². The molecule has 2 aromatic rings. The first-order valence-corrected chi connectivity index (χ1v) is 8.71.